The maximum absolute atomic E-state index is 13.0. The second kappa shape index (κ2) is 11.4. The van der Waals surface area contributed by atoms with Crippen LogP contribution < -0.4 is 9.47 Å². The molecule has 0 bridgehead atoms. The minimum Gasteiger partial charge on any atom is -0.455 e. The van der Waals surface area contributed by atoms with Crippen LogP contribution in [0.1, 0.15) is 28.8 Å². The van der Waals surface area contributed by atoms with Crippen LogP contribution >= 0.6 is 0 Å². The third-order valence-electron chi connectivity index (χ3n) is 7.04. The molecule has 0 unspecified atom stereocenters. The quantitative estimate of drug-likeness (QED) is 0.536. The minimum absolute atomic E-state index is 0.0114. The van der Waals surface area contributed by atoms with Gasteiger partial charge in [0.15, 0.2) is 17.3 Å². The Kier molecular flexibility index (Phi) is 7.88. The summed E-state index contributed by atoms with van der Waals surface area (Å²) < 4.78 is 22.6. The van der Waals surface area contributed by atoms with E-state index in [1.54, 1.807) is 0 Å². The van der Waals surface area contributed by atoms with Gasteiger partial charge in [-0.3, -0.25) is 14.6 Å². The molecule has 1 aromatic carbocycles. The molecule has 0 saturated carbocycles. The second-order valence-corrected chi connectivity index (χ2v) is 9.34. The lowest BCUT2D eigenvalue weighted by Crippen LogP contribution is -2.48. The van der Waals surface area contributed by atoms with Crippen molar-refractivity contribution < 1.29 is 23.4 Å². The highest BCUT2D eigenvalue weighted by atomic mass is 16.7. The van der Waals surface area contributed by atoms with Crippen LogP contribution in [0.5, 0.6) is 11.5 Å². The monoisotopic (exact) mass is 484 g/mol. The molecule has 2 fully saturated rings. The van der Waals surface area contributed by atoms with E-state index in [-0.39, 0.29) is 12.7 Å². The summed E-state index contributed by atoms with van der Waals surface area (Å²) >= 11 is 0. The van der Waals surface area contributed by atoms with Crippen LogP contribution in [-0.2, 0) is 17.8 Å². The van der Waals surface area contributed by atoms with Crippen LogP contribution in [0.3, 0.4) is 0 Å². The summed E-state index contributed by atoms with van der Waals surface area (Å²) in [6, 6.07) is 9.88. The molecule has 0 spiro atoms. The summed E-state index contributed by atoms with van der Waals surface area (Å²) in [5, 5.41) is 0. The number of hydrogen-bond donors (Lipinski definition) is 0. The first-order valence-corrected chi connectivity index (χ1v) is 12.7. The number of ether oxygens (including phenoxy) is 3. The van der Waals surface area contributed by atoms with Crippen molar-refractivity contribution in [1.29, 1.82) is 0 Å². The Morgan fingerprint density at radius 1 is 0.914 bits per heavy atom. The van der Waals surface area contributed by atoms with Crippen molar-refractivity contribution in [2.45, 2.75) is 20.0 Å². The molecule has 0 N–H and O–H groups in total. The minimum atomic E-state index is -0.0114. The third-order valence-corrected chi connectivity index (χ3v) is 7.04. The zero-order valence-corrected chi connectivity index (χ0v) is 20.6. The van der Waals surface area contributed by atoms with Gasteiger partial charge in [0.2, 0.25) is 6.79 Å². The molecule has 1 aromatic heterocycles. The van der Waals surface area contributed by atoms with Crippen molar-refractivity contribution in [3.8, 4) is 11.5 Å². The Labute approximate surface area is 207 Å². The Bertz CT molecular complexity index is 982. The summed E-state index contributed by atoms with van der Waals surface area (Å²) in [5.74, 6) is 2.82. The SMILES string of the molecule is CCN1CCN(C(=O)c2ccc(CN(CCN3CCOCC3)Cc3ccc4c(c3)OCO4)o2)CC1. The van der Waals surface area contributed by atoms with E-state index in [1.165, 1.54) is 0 Å². The fourth-order valence-electron chi connectivity index (χ4n) is 4.84. The standard InChI is InChI=1S/C26H36N4O5/c1-2-27-9-11-30(12-10-27)26(31)24-6-4-22(35-24)19-29(8-7-28-13-15-32-16-14-28)18-21-3-5-23-25(17-21)34-20-33-23/h3-6,17H,2,7-16,18-20H2,1H3. The van der Waals surface area contributed by atoms with E-state index in [4.69, 9.17) is 18.6 Å². The van der Waals surface area contributed by atoms with Gasteiger partial charge >= 0.3 is 0 Å². The fourth-order valence-corrected chi connectivity index (χ4v) is 4.84. The molecule has 190 valence electrons. The van der Waals surface area contributed by atoms with Gasteiger partial charge in [-0.2, -0.15) is 0 Å². The van der Waals surface area contributed by atoms with E-state index >= 15 is 0 Å². The van der Waals surface area contributed by atoms with Crippen molar-refractivity contribution in [3.63, 3.8) is 0 Å². The normalized spacial score (nSPS) is 19.0. The number of carbonyl (C=O) groups excluding carboxylic acids is 1. The van der Waals surface area contributed by atoms with Gasteiger partial charge in [-0.1, -0.05) is 13.0 Å². The average Bonchev–Trinajstić information content (AvgIpc) is 3.57. The Balaban J connectivity index is 1.23. The topological polar surface area (TPSA) is 70.9 Å². The highest BCUT2D eigenvalue weighted by molar-refractivity contribution is 5.91. The van der Waals surface area contributed by atoms with Crippen molar-refractivity contribution in [2.24, 2.45) is 0 Å². The maximum Gasteiger partial charge on any atom is 0.289 e. The molecule has 1 amide bonds. The van der Waals surface area contributed by atoms with Gasteiger partial charge < -0.3 is 28.4 Å². The average molecular weight is 485 g/mol. The smallest absolute Gasteiger partial charge is 0.289 e. The number of morpholine rings is 1. The molecule has 9 heteroatoms. The molecule has 35 heavy (non-hydrogen) atoms. The molecule has 4 heterocycles. The molecule has 2 saturated heterocycles. The van der Waals surface area contributed by atoms with E-state index in [1.807, 2.05) is 23.1 Å². The molecule has 0 aliphatic carbocycles. The van der Waals surface area contributed by atoms with Crippen LogP contribution in [0, 0.1) is 0 Å². The third kappa shape index (κ3) is 6.16. The highest BCUT2D eigenvalue weighted by Crippen LogP contribution is 2.33. The van der Waals surface area contributed by atoms with Gasteiger partial charge in [0.1, 0.15) is 5.76 Å². The van der Waals surface area contributed by atoms with Crippen molar-refractivity contribution in [1.82, 2.24) is 19.6 Å². The van der Waals surface area contributed by atoms with Crippen molar-refractivity contribution >= 4 is 5.91 Å². The number of fused-ring (bicyclic) bond motifs is 1. The lowest BCUT2D eigenvalue weighted by molar-refractivity contribution is 0.0321. The summed E-state index contributed by atoms with van der Waals surface area (Å²) in [7, 11) is 0. The van der Waals surface area contributed by atoms with Crippen molar-refractivity contribution in [3.05, 3.63) is 47.4 Å². The molecule has 0 radical (unpaired) electrons. The van der Waals surface area contributed by atoms with E-state index < -0.39 is 0 Å². The van der Waals surface area contributed by atoms with Gasteiger partial charge in [-0.15, -0.1) is 0 Å². The Morgan fingerprint density at radius 3 is 2.51 bits per heavy atom. The van der Waals surface area contributed by atoms with Gasteiger partial charge in [0.25, 0.3) is 5.91 Å². The number of furan rings is 1. The van der Waals surface area contributed by atoms with Gasteiger partial charge in [0.05, 0.1) is 19.8 Å². The first-order valence-electron chi connectivity index (χ1n) is 12.7. The second-order valence-electron chi connectivity index (χ2n) is 9.34. The zero-order chi connectivity index (χ0) is 24.0. The molecule has 3 aliphatic rings. The number of nitrogens with zero attached hydrogens (tertiary/aromatic N) is 4. The molecular weight excluding hydrogens is 448 g/mol. The molecule has 9 nitrogen and oxygen atoms in total. The number of amides is 1. The Hall–Kier alpha value is -2.59. The van der Waals surface area contributed by atoms with Gasteiger partial charge in [-0.05, 0) is 36.4 Å². The molecular formula is C26H36N4O5. The van der Waals surface area contributed by atoms with Crippen LogP contribution in [0.15, 0.2) is 34.7 Å². The van der Waals surface area contributed by atoms with Gasteiger partial charge in [-0.25, -0.2) is 0 Å². The Morgan fingerprint density at radius 2 is 1.71 bits per heavy atom. The lowest BCUT2D eigenvalue weighted by atomic mass is 10.2. The summed E-state index contributed by atoms with van der Waals surface area (Å²) in [6.07, 6.45) is 0. The van der Waals surface area contributed by atoms with Crippen molar-refractivity contribution in [2.75, 3.05) is 78.9 Å². The van der Waals surface area contributed by atoms with E-state index in [0.29, 0.717) is 12.3 Å². The number of piperazine rings is 1. The van der Waals surface area contributed by atoms with Gasteiger partial charge in [0, 0.05) is 58.9 Å². The zero-order valence-electron chi connectivity index (χ0n) is 20.6. The molecule has 3 aliphatic heterocycles. The maximum atomic E-state index is 13.0. The van der Waals surface area contributed by atoms with E-state index in [0.717, 1.165) is 101 Å². The largest absolute Gasteiger partial charge is 0.455 e. The fraction of sp³-hybridized carbons (Fsp3) is 0.577. The summed E-state index contributed by atoms with van der Waals surface area (Å²) in [4.78, 5) is 22.0. The number of likely N-dealkylation sites (N-methyl/N-ethyl adjacent to an activating group) is 1. The number of hydrogen-bond acceptors (Lipinski definition) is 8. The number of rotatable bonds is 9. The predicted octanol–water partition coefficient (Wildman–Crippen LogP) is 2.12. The highest BCUT2D eigenvalue weighted by Gasteiger charge is 2.24. The van der Waals surface area contributed by atoms with Crippen LogP contribution in [0.4, 0.5) is 0 Å². The van der Waals surface area contributed by atoms with E-state index in [2.05, 4.69) is 33.8 Å². The first-order chi connectivity index (χ1) is 17.2. The van der Waals surface area contributed by atoms with E-state index in [9.17, 15) is 4.79 Å². The number of carbonyl (C=O) groups is 1. The van der Waals surface area contributed by atoms with Crippen LogP contribution in [-0.4, -0.2) is 104 Å². The predicted molar refractivity (Wildman–Crippen MR) is 131 cm³/mol. The number of benzene rings is 1. The first kappa shape index (κ1) is 24.1. The van der Waals surface area contributed by atoms with Crippen LogP contribution in [0.2, 0.25) is 0 Å². The summed E-state index contributed by atoms with van der Waals surface area (Å²) in [5.41, 5.74) is 1.16. The molecule has 0 atom stereocenters. The van der Waals surface area contributed by atoms with Crippen LogP contribution in [0.25, 0.3) is 0 Å². The molecule has 5 rings (SSSR count). The summed E-state index contributed by atoms with van der Waals surface area (Å²) in [6.45, 7) is 13.5. The lowest BCUT2D eigenvalue weighted by Gasteiger charge is -2.33. The molecule has 2 aromatic rings.